The molecule has 1 amide bonds. The van der Waals surface area contributed by atoms with Crippen molar-refractivity contribution in [1.29, 1.82) is 5.26 Å². The van der Waals surface area contributed by atoms with E-state index in [0.29, 0.717) is 36.1 Å². The molecule has 25 heavy (non-hydrogen) atoms. The van der Waals surface area contributed by atoms with Crippen LogP contribution in [0.3, 0.4) is 0 Å². The summed E-state index contributed by atoms with van der Waals surface area (Å²) in [6.07, 6.45) is 4.88. The van der Waals surface area contributed by atoms with E-state index in [1.54, 1.807) is 6.20 Å². The molecule has 0 bridgehead atoms. The average Bonchev–Trinajstić information content (AvgIpc) is 2.91. The van der Waals surface area contributed by atoms with Gasteiger partial charge in [-0.15, -0.1) is 0 Å². The lowest BCUT2D eigenvalue weighted by atomic mass is 9.96. The molecule has 5 nitrogen and oxygen atoms in total. The lowest BCUT2D eigenvalue weighted by Crippen LogP contribution is -2.43. The van der Waals surface area contributed by atoms with Crippen molar-refractivity contribution in [2.24, 2.45) is 11.3 Å². The number of ether oxygens (including phenoxy) is 1. The van der Waals surface area contributed by atoms with Gasteiger partial charge in [-0.3, -0.25) is 9.78 Å². The number of carbonyl (C=O) groups excluding carboxylic acids is 1. The monoisotopic (exact) mass is 347 g/mol. The lowest BCUT2D eigenvalue weighted by molar-refractivity contribution is -0.144. The molecule has 1 aliphatic heterocycles. The average molecular weight is 347 g/mol. The second-order valence-electron chi connectivity index (χ2n) is 7.03. The highest BCUT2D eigenvalue weighted by atomic mass is 19.3. The van der Waals surface area contributed by atoms with E-state index in [1.165, 1.54) is 11.1 Å². The Hall–Kier alpha value is -2.23. The van der Waals surface area contributed by atoms with E-state index >= 15 is 0 Å². The van der Waals surface area contributed by atoms with Crippen LogP contribution < -0.4 is 4.74 Å². The number of hydrogen-bond acceptors (Lipinski definition) is 4. The maximum absolute atomic E-state index is 14.3. The van der Waals surface area contributed by atoms with Crippen molar-refractivity contribution in [3.05, 3.63) is 23.5 Å². The van der Waals surface area contributed by atoms with Crippen LogP contribution in [0.25, 0.3) is 0 Å². The Kier molecular flexibility index (Phi) is 3.50. The van der Waals surface area contributed by atoms with Crippen molar-refractivity contribution in [1.82, 2.24) is 9.88 Å². The molecule has 0 saturated heterocycles. The molecule has 1 aromatic heterocycles. The van der Waals surface area contributed by atoms with Gasteiger partial charge in [-0.25, -0.2) is 8.78 Å². The zero-order valence-electron chi connectivity index (χ0n) is 14.0. The fourth-order valence-electron chi connectivity index (χ4n) is 4.74. The van der Waals surface area contributed by atoms with Crippen molar-refractivity contribution >= 4 is 5.91 Å². The molecule has 2 fully saturated rings. The molecule has 0 N–H and O–H groups in total. The van der Waals surface area contributed by atoms with Crippen LogP contribution in [0.2, 0.25) is 0 Å². The number of nitriles is 1. The summed E-state index contributed by atoms with van der Waals surface area (Å²) in [5, 5.41) is 9.26. The number of halogens is 2. The molecule has 2 unspecified atom stereocenters. The molecule has 2 saturated carbocycles. The number of pyridine rings is 1. The summed E-state index contributed by atoms with van der Waals surface area (Å²) in [6, 6.07) is 1.64. The summed E-state index contributed by atoms with van der Waals surface area (Å²) in [6.45, 7) is 2.32. The highest BCUT2D eigenvalue weighted by Gasteiger charge is 2.86. The van der Waals surface area contributed by atoms with E-state index in [9.17, 15) is 18.8 Å². The minimum absolute atomic E-state index is 0.181. The molecule has 1 aromatic rings. The number of nitrogens with zero attached hydrogens (tertiary/aromatic N) is 3. The first-order valence-electron chi connectivity index (χ1n) is 8.68. The van der Waals surface area contributed by atoms with Crippen LogP contribution in [0.1, 0.15) is 49.8 Å². The molecule has 3 aliphatic rings. The van der Waals surface area contributed by atoms with E-state index in [2.05, 4.69) is 4.98 Å². The predicted molar refractivity (Wildman–Crippen MR) is 83.9 cm³/mol. The number of rotatable bonds is 2. The molecule has 2 heterocycles. The van der Waals surface area contributed by atoms with Crippen molar-refractivity contribution in [3.8, 4) is 11.8 Å². The third-order valence-electron chi connectivity index (χ3n) is 6.00. The minimum atomic E-state index is -2.90. The number of carbonyl (C=O) groups is 1. The van der Waals surface area contributed by atoms with Crippen molar-refractivity contribution in [2.45, 2.75) is 44.6 Å². The van der Waals surface area contributed by atoms with Crippen molar-refractivity contribution in [2.75, 3.05) is 13.2 Å². The van der Waals surface area contributed by atoms with Gasteiger partial charge in [-0.2, -0.15) is 5.26 Å². The first-order valence-corrected chi connectivity index (χ1v) is 8.68. The second kappa shape index (κ2) is 5.38. The van der Waals surface area contributed by atoms with Gasteiger partial charge in [0, 0.05) is 23.9 Å². The van der Waals surface area contributed by atoms with Gasteiger partial charge in [0.15, 0.2) is 0 Å². The molecule has 0 aromatic carbocycles. The highest BCUT2D eigenvalue weighted by molar-refractivity contribution is 5.89. The van der Waals surface area contributed by atoms with E-state index in [-0.39, 0.29) is 19.6 Å². The Morgan fingerprint density at radius 2 is 2.32 bits per heavy atom. The molecular formula is C18H19F2N3O2. The lowest BCUT2D eigenvalue weighted by Gasteiger charge is -2.32. The van der Waals surface area contributed by atoms with Gasteiger partial charge in [-0.05, 0) is 19.3 Å². The summed E-state index contributed by atoms with van der Waals surface area (Å²) in [5.74, 6) is -3.77. The van der Waals surface area contributed by atoms with Crippen LogP contribution in [-0.2, 0) is 4.79 Å². The number of alkyl halides is 2. The fraction of sp³-hybridized carbons (Fsp3) is 0.611. The summed E-state index contributed by atoms with van der Waals surface area (Å²) in [4.78, 5) is 18.8. The van der Waals surface area contributed by atoms with Gasteiger partial charge in [-0.1, -0.05) is 13.3 Å². The Bertz CT molecular complexity index is 776. The zero-order chi connectivity index (χ0) is 17.8. The predicted octanol–water partition coefficient (Wildman–Crippen LogP) is 3.06. The highest BCUT2D eigenvalue weighted by Crippen LogP contribution is 2.74. The SMILES string of the molecule is CC[C@H]1c2cncc(C#N)c2OCCN1C(=O)C12CCCC1C2(F)F. The first-order chi connectivity index (χ1) is 12.0. The topological polar surface area (TPSA) is 66.2 Å². The van der Waals surface area contributed by atoms with Crippen LogP contribution in [0.4, 0.5) is 8.78 Å². The molecule has 0 spiro atoms. The maximum atomic E-state index is 14.3. The minimum Gasteiger partial charge on any atom is -0.490 e. The van der Waals surface area contributed by atoms with Gasteiger partial charge < -0.3 is 9.64 Å². The molecule has 132 valence electrons. The van der Waals surface area contributed by atoms with Crippen molar-refractivity contribution < 1.29 is 18.3 Å². The number of hydrogen-bond donors (Lipinski definition) is 0. The van der Waals surface area contributed by atoms with Gasteiger partial charge in [0.2, 0.25) is 5.91 Å². The Morgan fingerprint density at radius 1 is 1.52 bits per heavy atom. The Labute approximate surface area is 144 Å². The third kappa shape index (κ3) is 1.97. The third-order valence-corrected chi connectivity index (χ3v) is 6.00. The zero-order valence-corrected chi connectivity index (χ0v) is 14.0. The van der Waals surface area contributed by atoms with Gasteiger partial charge in [0.05, 0.1) is 12.6 Å². The number of amides is 1. The molecule has 0 radical (unpaired) electrons. The quantitative estimate of drug-likeness (QED) is 0.825. The van der Waals surface area contributed by atoms with E-state index in [0.717, 1.165) is 0 Å². The van der Waals surface area contributed by atoms with Gasteiger partial charge in [0.1, 0.15) is 29.4 Å². The first kappa shape index (κ1) is 16.2. The van der Waals surface area contributed by atoms with E-state index < -0.39 is 29.2 Å². The molecule has 2 aliphatic carbocycles. The number of aromatic nitrogens is 1. The van der Waals surface area contributed by atoms with Crippen LogP contribution in [0.15, 0.2) is 12.4 Å². The van der Waals surface area contributed by atoms with E-state index in [1.807, 2.05) is 13.0 Å². The summed E-state index contributed by atoms with van der Waals surface area (Å²) < 4.78 is 34.3. The standard InChI is InChI=1S/C18H19F2N3O2/c1-2-13-12-10-22-9-11(8-21)15(12)25-7-6-23(13)16(24)17-5-3-4-14(17)18(17,19)20/h9-10,13-14H,2-7H2,1H3/t13-,14?,17?/m0/s1. The molecule has 4 rings (SSSR count). The molecule has 3 atom stereocenters. The van der Waals surface area contributed by atoms with Crippen LogP contribution in [0.5, 0.6) is 5.75 Å². The van der Waals surface area contributed by atoms with Crippen LogP contribution in [0, 0.1) is 22.7 Å². The van der Waals surface area contributed by atoms with Crippen LogP contribution >= 0.6 is 0 Å². The Morgan fingerprint density at radius 3 is 2.96 bits per heavy atom. The summed E-state index contributed by atoms with van der Waals surface area (Å²) in [5.41, 5.74) is -0.591. The maximum Gasteiger partial charge on any atom is 0.266 e. The summed E-state index contributed by atoms with van der Waals surface area (Å²) in [7, 11) is 0. The summed E-state index contributed by atoms with van der Waals surface area (Å²) >= 11 is 0. The normalized spacial score (nSPS) is 32.0. The van der Waals surface area contributed by atoms with E-state index in [4.69, 9.17) is 4.74 Å². The second-order valence-corrected chi connectivity index (χ2v) is 7.03. The van der Waals surface area contributed by atoms with Crippen molar-refractivity contribution in [3.63, 3.8) is 0 Å². The van der Waals surface area contributed by atoms with Gasteiger partial charge in [0.25, 0.3) is 5.92 Å². The number of fused-ring (bicyclic) bond motifs is 2. The molecular weight excluding hydrogens is 328 g/mol. The molecule has 7 heteroatoms. The van der Waals surface area contributed by atoms with Crippen LogP contribution in [-0.4, -0.2) is 34.9 Å². The smallest absolute Gasteiger partial charge is 0.266 e. The van der Waals surface area contributed by atoms with Gasteiger partial charge >= 0.3 is 0 Å². The Balaban J connectivity index is 1.73. The largest absolute Gasteiger partial charge is 0.490 e. The fourth-order valence-corrected chi connectivity index (χ4v) is 4.74.